The predicted octanol–water partition coefficient (Wildman–Crippen LogP) is 4.01. The van der Waals surface area contributed by atoms with Gasteiger partial charge in [-0.3, -0.25) is 9.36 Å². The number of nitrogens with zero attached hydrogens (tertiary/aromatic N) is 2. The first-order valence-corrected chi connectivity index (χ1v) is 8.95. The summed E-state index contributed by atoms with van der Waals surface area (Å²) < 4.78 is 6.42. The maximum Gasteiger partial charge on any atom is 0.420 e. The summed E-state index contributed by atoms with van der Waals surface area (Å²) in [5.74, 6) is -0.919. The molecule has 1 amide bonds. The number of carbonyl (C=O) groups excluding carboxylic acids is 1. The zero-order valence-corrected chi connectivity index (χ0v) is 14.9. The van der Waals surface area contributed by atoms with Crippen molar-refractivity contribution in [1.82, 2.24) is 9.55 Å². The van der Waals surface area contributed by atoms with Crippen LogP contribution in [0.2, 0.25) is 5.02 Å². The number of hydrogen-bond donors (Lipinski definition) is 1. The minimum atomic E-state index is -0.567. The van der Waals surface area contributed by atoms with Gasteiger partial charge in [0.15, 0.2) is 10.7 Å². The Bertz CT molecular complexity index is 1140. The highest BCUT2D eigenvalue weighted by atomic mass is 35.5. The molecule has 0 atom stereocenters. The maximum absolute atomic E-state index is 12.3. The van der Waals surface area contributed by atoms with E-state index in [-0.39, 0.29) is 12.5 Å². The number of thiazole rings is 1. The predicted molar refractivity (Wildman–Crippen MR) is 102 cm³/mol. The summed E-state index contributed by atoms with van der Waals surface area (Å²) in [7, 11) is 0. The molecule has 0 saturated heterocycles. The van der Waals surface area contributed by atoms with Gasteiger partial charge in [-0.15, -0.1) is 11.3 Å². The molecule has 4 rings (SSSR count). The second-order valence-electron chi connectivity index (χ2n) is 5.51. The van der Waals surface area contributed by atoms with E-state index in [2.05, 4.69) is 10.3 Å². The summed E-state index contributed by atoms with van der Waals surface area (Å²) in [5, 5.41) is 5.67. The van der Waals surface area contributed by atoms with Gasteiger partial charge >= 0.3 is 5.76 Å². The van der Waals surface area contributed by atoms with Crippen LogP contribution < -0.4 is 11.1 Å². The normalized spacial score (nSPS) is 11.0. The number of rotatable bonds is 4. The van der Waals surface area contributed by atoms with E-state index in [4.69, 9.17) is 16.0 Å². The third kappa shape index (κ3) is 3.26. The van der Waals surface area contributed by atoms with Gasteiger partial charge in [-0.25, -0.2) is 9.78 Å². The quantitative estimate of drug-likeness (QED) is 0.575. The molecular formula is C18H12ClN3O3S. The summed E-state index contributed by atoms with van der Waals surface area (Å²) in [4.78, 5) is 28.6. The zero-order valence-electron chi connectivity index (χ0n) is 13.3. The third-order valence-electron chi connectivity index (χ3n) is 3.77. The first-order chi connectivity index (χ1) is 12.6. The number of anilines is 1. The van der Waals surface area contributed by atoms with E-state index < -0.39 is 5.76 Å². The molecule has 2 aromatic carbocycles. The Hall–Kier alpha value is -2.90. The molecule has 0 spiro atoms. The van der Waals surface area contributed by atoms with Crippen molar-refractivity contribution in [3.05, 3.63) is 69.5 Å². The van der Waals surface area contributed by atoms with Gasteiger partial charge in [0.1, 0.15) is 6.54 Å². The van der Waals surface area contributed by atoms with Gasteiger partial charge in [-0.2, -0.15) is 0 Å². The number of halogens is 1. The molecule has 2 aromatic heterocycles. The molecule has 8 heteroatoms. The smallest absolute Gasteiger partial charge is 0.408 e. The Labute approximate surface area is 156 Å². The molecule has 0 aliphatic carbocycles. The summed E-state index contributed by atoms with van der Waals surface area (Å²) in [6, 6.07) is 14.3. The molecule has 0 fully saturated rings. The Morgan fingerprint density at radius 3 is 2.77 bits per heavy atom. The first kappa shape index (κ1) is 16.6. The van der Waals surface area contributed by atoms with Crippen molar-refractivity contribution in [2.24, 2.45) is 0 Å². The largest absolute Gasteiger partial charge is 0.420 e. The molecule has 2 heterocycles. The molecule has 0 bridgehead atoms. The maximum atomic E-state index is 12.3. The lowest BCUT2D eigenvalue weighted by Crippen LogP contribution is -2.24. The van der Waals surface area contributed by atoms with Gasteiger partial charge in [-0.1, -0.05) is 35.9 Å². The second-order valence-corrected chi connectivity index (χ2v) is 6.81. The number of oxazole rings is 1. The minimum Gasteiger partial charge on any atom is -0.408 e. The number of nitrogens with one attached hydrogen (secondary N) is 1. The van der Waals surface area contributed by atoms with E-state index in [0.29, 0.717) is 21.3 Å². The summed E-state index contributed by atoms with van der Waals surface area (Å²) in [5.41, 5.74) is 2.68. The lowest BCUT2D eigenvalue weighted by molar-refractivity contribution is -0.116. The highest BCUT2D eigenvalue weighted by molar-refractivity contribution is 7.14. The molecule has 4 aromatic rings. The van der Waals surface area contributed by atoms with Gasteiger partial charge < -0.3 is 9.73 Å². The first-order valence-electron chi connectivity index (χ1n) is 7.70. The fourth-order valence-corrected chi connectivity index (χ4v) is 3.41. The van der Waals surface area contributed by atoms with Crippen molar-refractivity contribution >= 4 is 45.1 Å². The van der Waals surface area contributed by atoms with Crippen molar-refractivity contribution in [3.63, 3.8) is 0 Å². The van der Waals surface area contributed by atoms with Crippen LogP contribution in [0.25, 0.3) is 22.4 Å². The Morgan fingerprint density at radius 1 is 1.19 bits per heavy atom. The molecule has 6 nitrogen and oxygen atoms in total. The summed E-state index contributed by atoms with van der Waals surface area (Å²) in [6.45, 7) is -0.147. The van der Waals surface area contributed by atoms with E-state index in [9.17, 15) is 9.59 Å². The average Bonchev–Trinajstić information content (AvgIpc) is 3.21. The number of benzene rings is 2. The minimum absolute atomic E-state index is 0.147. The molecule has 0 aliphatic heterocycles. The molecule has 0 unspecified atom stereocenters. The van der Waals surface area contributed by atoms with Gasteiger partial charge in [-0.05, 0) is 24.3 Å². The van der Waals surface area contributed by atoms with Crippen molar-refractivity contribution < 1.29 is 9.21 Å². The van der Waals surface area contributed by atoms with Gasteiger partial charge in [0.25, 0.3) is 0 Å². The van der Waals surface area contributed by atoms with Crippen LogP contribution in [-0.4, -0.2) is 15.5 Å². The highest BCUT2D eigenvalue weighted by Crippen LogP contribution is 2.26. The Balaban J connectivity index is 1.51. The summed E-state index contributed by atoms with van der Waals surface area (Å²) >= 11 is 7.20. The number of hydrogen-bond acceptors (Lipinski definition) is 5. The lowest BCUT2D eigenvalue weighted by atomic mass is 10.2. The molecular weight excluding hydrogens is 374 g/mol. The van der Waals surface area contributed by atoms with E-state index in [1.54, 1.807) is 36.4 Å². The fraction of sp³-hybridized carbons (Fsp3) is 0.0556. The molecule has 1 N–H and O–H groups in total. The molecule has 0 radical (unpaired) electrons. The topological polar surface area (TPSA) is 77.1 Å². The standard InChI is InChI=1S/C18H12ClN3O3S/c19-12-7-5-11(6-8-12)13-10-26-17(20-13)21-16(23)9-22-14-3-1-2-4-15(14)25-18(22)24/h1-8,10H,9H2,(H,20,21,23). The van der Waals surface area contributed by atoms with Crippen LogP contribution in [0, 0.1) is 0 Å². The van der Waals surface area contributed by atoms with Crippen LogP contribution in [0.15, 0.2) is 63.1 Å². The Kier molecular flexibility index (Phi) is 4.32. The van der Waals surface area contributed by atoms with Crippen LogP contribution in [0.4, 0.5) is 5.13 Å². The van der Waals surface area contributed by atoms with Crippen molar-refractivity contribution in [2.75, 3.05) is 5.32 Å². The molecule has 26 heavy (non-hydrogen) atoms. The third-order valence-corrected chi connectivity index (χ3v) is 4.78. The number of carbonyl (C=O) groups is 1. The Morgan fingerprint density at radius 2 is 1.96 bits per heavy atom. The lowest BCUT2D eigenvalue weighted by Gasteiger charge is -2.02. The zero-order chi connectivity index (χ0) is 18.1. The van der Waals surface area contributed by atoms with E-state index in [1.165, 1.54) is 15.9 Å². The number of amides is 1. The second kappa shape index (κ2) is 6.78. The number of fused-ring (bicyclic) bond motifs is 1. The average molecular weight is 386 g/mol. The monoisotopic (exact) mass is 385 g/mol. The molecule has 130 valence electrons. The molecule has 0 saturated carbocycles. The van der Waals surface area contributed by atoms with E-state index in [1.807, 2.05) is 17.5 Å². The van der Waals surface area contributed by atoms with Crippen molar-refractivity contribution in [2.45, 2.75) is 6.54 Å². The van der Waals surface area contributed by atoms with Gasteiger partial charge in [0, 0.05) is 16.0 Å². The number of para-hydroxylation sites is 2. The van der Waals surface area contributed by atoms with Crippen LogP contribution >= 0.6 is 22.9 Å². The highest BCUT2D eigenvalue weighted by Gasteiger charge is 2.14. The van der Waals surface area contributed by atoms with Crippen molar-refractivity contribution in [3.8, 4) is 11.3 Å². The van der Waals surface area contributed by atoms with E-state index >= 15 is 0 Å². The van der Waals surface area contributed by atoms with Crippen molar-refractivity contribution in [1.29, 1.82) is 0 Å². The van der Waals surface area contributed by atoms with Crippen LogP contribution in [0.1, 0.15) is 0 Å². The summed E-state index contributed by atoms with van der Waals surface area (Å²) in [6.07, 6.45) is 0. The van der Waals surface area contributed by atoms with Crippen LogP contribution in [-0.2, 0) is 11.3 Å². The van der Waals surface area contributed by atoms with Gasteiger partial charge in [0.2, 0.25) is 5.91 Å². The fourth-order valence-electron chi connectivity index (χ4n) is 2.55. The van der Waals surface area contributed by atoms with E-state index in [0.717, 1.165) is 11.3 Å². The number of aromatic nitrogens is 2. The van der Waals surface area contributed by atoms with Gasteiger partial charge in [0.05, 0.1) is 11.2 Å². The molecule has 0 aliphatic rings. The van der Waals surface area contributed by atoms with Crippen LogP contribution in [0.5, 0.6) is 0 Å². The SMILES string of the molecule is O=C(Cn1c(=O)oc2ccccc21)Nc1nc(-c2ccc(Cl)cc2)cs1. The van der Waals surface area contributed by atoms with Crippen LogP contribution in [0.3, 0.4) is 0 Å².